The molecule has 0 atom stereocenters. The molecule has 0 aliphatic carbocycles. The van der Waals surface area contributed by atoms with Gasteiger partial charge >= 0.3 is 0 Å². The Morgan fingerprint density at radius 3 is 2.52 bits per heavy atom. The van der Waals surface area contributed by atoms with Crippen LogP contribution in [0, 0.1) is 0 Å². The van der Waals surface area contributed by atoms with Crippen molar-refractivity contribution in [3.63, 3.8) is 0 Å². The van der Waals surface area contributed by atoms with Gasteiger partial charge in [0.1, 0.15) is 10.7 Å². The topological polar surface area (TPSA) is 64.3 Å². The normalized spacial score (nSPS) is 9.95. The van der Waals surface area contributed by atoms with Gasteiger partial charge in [-0.2, -0.15) is 0 Å². The van der Waals surface area contributed by atoms with Crippen LogP contribution in [0.25, 0.3) is 0 Å². The molecule has 3 N–H and O–H groups in total. The van der Waals surface area contributed by atoms with Crippen molar-refractivity contribution in [2.75, 3.05) is 12.4 Å². The fourth-order valence-corrected chi connectivity index (χ4v) is 2.17. The van der Waals surface area contributed by atoms with Crippen LogP contribution in [-0.2, 0) is 11.2 Å². The molecule has 21 heavy (non-hydrogen) atoms. The van der Waals surface area contributed by atoms with Gasteiger partial charge < -0.3 is 15.8 Å². The number of hydrogen-bond acceptors (Lipinski definition) is 3. The summed E-state index contributed by atoms with van der Waals surface area (Å²) in [6.45, 7) is 0. The lowest BCUT2D eigenvalue weighted by Crippen LogP contribution is -2.19. The minimum absolute atomic E-state index is 0.150. The van der Waals surface area contributed by atoms with Crippen LogP contribution in [0.15, 0.2) is 48.5 Å². The summed E-state index contributed by atoms with van der Waals surface area (Å²) < 4.78 is 5.26. The van der Waals surface area contributed by atoms with Crippen LogP contribution in [-0.4, -0.2) is 18.0 Å². The van der Waals surface area contributed by atoms with Crippen LogP contribution in [0.5, 0.6) is 5.75 Å². The molecule has 0 heterocycles. The first-order chi connectivity index (χ1) is 10.1. The summed E-state index contributed by atoms with van der Waals surface area (Å²) in [6.07, 6.45) is 0.273. The Bertz CT molecular complexity index is 657. The fraction of sp³-hybridized carbons (Fsp3) is 0.125. The smallest absolute Gasteiger partial charge is 0.228 e. The molecular weight excluding hydrogens is 284 g/mol. The van der Waals surface area contributed by atoms with Gasteiger partial charge in [0.2, 0.25) is 5.91 Å². The number of amides is 1. The molecule has 0 bridgehead atoms. The minimum atomic E-state index is -0.150. The predicted octanol–water partition coefficient (Wildman–Crippen LogP) is 2.51. The number of thiocarbonyl (C=S) groups is 1. The zero-order valence-corrected chi connectivity index (χ0v) is 12.4. The quantitative estimate of drug-likeness (QED) is 0.833. The van der Waals surface area contributed by atoms with Crippen molar-refractivity contribution >= 4 is 28.8 Å². The summed E-state index contributed by atoms with van der Waals surface area (Å²) in [5.41, 5.74) is 7.72. The Morgan fingerprint density at radius 1 is 1.19 bits per heavy atom. The number of ether oxygens (including phenoxy) is 1. The van der Waals surface area contributed by atoms with E-state index in [0.717, 1.165) is 5.56 Å². The van der Waals surface area contributed by atoms with Gasteiger partial charge in [-0.15, -0.1) is 0 Å². The van der Waals surface area contributed by atoms with E-state index in [1.54, 1.807) is 18.2 Å². The molecule has 2 rings (SSSR count). The van der Waals surface area contributed by atoms with Gasteiger partial charge in [-0.05, 0) is 17.7 Å². The van der Waals surface area contributed by atoms with E-state index >= 15 is 0 Å². The van der Waals surface area contributed by atoms with Crippen LogP contribution < -0.4 is 15.8 Å². The first-order valence-corrected chi connectivity index (χ1v) is 6.83. The highest BCUT2D eigenvalue weighted by atomic mass is 32.1. The van der Waals surface area contributed by atoms with Crippen molar-refractivity contribution in [1.82, 2.24) is 0 Å². The Balaban J connectivity index is 2.22. The molecule has 0 aromatic heterocycles. The summed E-state index contributed by atoms with van der Waals surface area (Å²) in [6, 6.07) is 14.8. The van der Waals surface area contributed by atoms with Crippen molar-refractivity contribution in [3.8, 4) is 5.75 Å². The second-order valence-corrected chi connectivity index (χ2v) is 4.90. The summed E-state index contributed by atoms with van der Waals surface area (Å²) in [5, 5.41) is 2.83. The number of methoxy groups -OCH3 is 1. The maximum absolute atomic E-state index is 12.2. The van der Waals surface area contributed by atoms with Crippen LogP contribution >= 0.6 is 12.2 Å². The monoisotopic (exact) mass is 300 g/mol. The number of carbonyl (C=O) groups excluding carboxylic acids is 1. The zero-order chi connectivity index (χ0) is 15.2. The number of carbonyl (C=O) groups is 1. The van der Waals surface area contributed by atoms with Gasteiger partial charge in [-0.3, -0.25) is 4.79 Å². The van der Waals surface area contributed by atoms with E-state index in [9.17, 15) is 4.79 Å². The largest absolute Gasteiger partial charge is 0.495 e. The average molecular weight is 300 g/mol. The van der Waals surface area contributed by atoms with Crippen LogP contribution in [0.2, 0.25) is 0 Å². The predicted molar refractivity (Wildman–Crippen MR) is 87.7 cm³/mol. The molecular formula is C16H16N2O2S. The van der Waals surface area contributed by atoms with E-state index in [1.807, 2.05) is 30.3 Å². The van der Waals surface area contributed by atoms with Crippen LogP contribution in [0.3, 0.4) is 0 Å². The highest BCUT2D eigenvalue weighted by Crippen LogP contribution is 2.28. The molecule has 0 aliphatic rings. The second-order valence-electron chi connectivity index (χ2n) is 4.46. The van der Waals surface area contributed by atoms with Gasteiger partial charge in [-0.1, -0.05) is 48.6 Å². The Labute approximate surface area is 128 Å². The van der Waals surface area contributed by atoms with Crippen LogP contribution in [0.1, 0.15) is 11.1 Å². The van der Waals surface area contributed by atoms with E-state index in [0.29, 0.717) is 17.0 Å². The maximum Gasteiger partial charge on any atom is 0.228 e. The van der Waals surface area contributed by atoms with Crippen molar-refractivity contribution in [2.45, 2.75) is 6.42 Å². The van der Waals surface area contributed by atoms with E-state index in [4.69, 9.17) is 22.7 Å². The Hall–Kier alpha value is -2.40. The summed E-state index contributed by atoms with van der Waals surface area (Å²) in [4.78, 5) is 12.4. The van der Waals surface area contributed by atoms with Gasteiger partial charge in [-0.25, -0.2) is 0 Å². The van der Waals surface area contributed by atoms with Crippen molar-refractivity contribution in [2.24, 2.45) is 5.73 Å². The van der Waals surface area contributed by atoms with Gasteiger partial charge in [0.15, 0.2) is 0 Å². The van der Waals surface area contributed by atoms with Gasteiger partial charge in [0.25, 0.3) is 0 Å². The molecule has 2 aromatic rings. The molecule has 0 radical (unpaired) electrons. The highest BCUT2D eigenvalue weighted by Gasteiger charge is 2.14. The molecule has 0 saturated heterocycles. The Kier molecular flexibility index (Phi) is 4.90. The summed E-state index contributed by atoms with van der Waals surface area (Å²) >= 11 is 5.01. The maximum atomic E-state index is 12.2. The SMILES string of the molecule is COc1cccc(C(N)=S)c1NC(=O)Cc1ccccc1. The molecule has 4 nitrogen and oxygen atoms in total. The van der Waals surface area contributed by atoms with E-state index < -0.39 is 0 Å². The highest BCUT2D eigenvalue weighted by molar-refractivity contribution is 7.80. The molecule has 0 aliphatic heterocycles. The molecule has 1 amide bonds. The van der Waals surface area contributed by atoms with Crippen molar-refractivity contribution < 1.29 is 9.53 Å². The molecule has 2 aromatic carbocycles. The number of nitrogens with two attached hydrogens (primary N) is 1. The first kappa shape index (κ1) is 15.0. The second kappa shape index (κ2) is 6.85. The lowest BCUT2D eigenvalue weighted by molar-refractivity contribution is -0.115. The number of hydrogen-bond donors (Lipinski definition) is 2. The third kappa shape index (κ3) is 3.79. The zero-order valence-electron chi connectivity index (χ0n) is 11.6. The molecule has 0 unspecified atom stereocenters. The fourth-order valence-electron chi connectivity index (χ4n) is 2.00. The van der Waals surface area contributed by atoms with Crippen molar-refractivity contribution in [3.05, 3.63) is 59.7 Å². The molecule has 0 saturated carbocycles. The summed E-state index contributed by atoms with van der Waals surface area (Å²) in [5.74, 6) is 0.380. The van der Waals surface area contributed by atoms with Crippen LogP contribution in [0.4, 0.5) is 5.69 Å². The lowest BCUT2D eigenvalue weighted by atomic mass is 10.1. The number of benzene rings is 2. The third-order valence-corrected chi connectivity index (χ3v) is 3.20. The van der Waals surface area contributed by atoms with E-state index in [2.05, 4.69) is 5.32 Å². The number of nitrogens with one attached hydrogen (secondary N) is 1. The minimum Gasteiger partial charge on any atom is -0.495 e. The lowest BCUT2D eigenvalue weighted by Gasteiger charge is -2.14. The molecule has 0 fully saturated rings. The standard InChI is InChI=1S/C16H16N2O2S/c1-20-13-9-5-8-12(16(17)21)15(13)18-14(19)10-11-6-3-2-4-7-11/h2-9H,10H2,1H3,(H2,17,21)(H,18,19). The van der Waals surface area contributed by atoms with Gasteiger partial charge in [0, 0.05) is 5.56 Å². The molecule has 0 spiro atoms. The molecule has 108 valence electrons. The Morgan fingerprint density at radius 2 is 1.90 bits per heavy atom. The average Bonchev–Trinajstić information content (AvgIpc) is 2.48. The molecule has 5 heteroatoms. The summed E-state index contributed by atoms with van der Waals surface area (Å²) in [7, 11) is 1.53. The van der Waals surface area contributed by atoms with E-state index in [1.165, 1.54) is 7.11 Å². The third-order valence-electron chi connectivity index (χ3n) is 2.98. The number of rotatable bonds is 5. The van der Waals surface area contributed by atoms with E-state index in [-0.39, 0.29) is 17.3 Å². The van der Waals surface area contributed by atoms with Crippen molar-refractivity contribution in [1.29, 1.82) is 0 Å². The number of para-hydroxylation sites is 1. The van der Waals surface area contributed by atoms with Gasteiger partial charge in [0.05, 0.1) is 19.2 Å². The first-order valence-electron chi connectivity index (χ1n) is 6.42. The number of anilines is 1.